The van der Waals surface area contributed by atoms with Gasteiger partial charge in [0.1, 0.15) is 18.5 Å². The minimum absolute atomic E-state index is 0.825. The van der Waals surface area contributed by atoms with Crippen molar-refractivity contribution < 1.29 is 0 Å². The van der Waals surface area contributed by atoms with Gasteiger partial charge in [-0.1, -0.05) is 0 Å². The van der Waals surface area contributed by atoms with Crippen LogP contribution in [0.25, 0.3) is 5.65 Å². The number of piperazine rings is 1. The molecule has 8 nitrogen and oxygen atoms in total. The predicted molar refractivity (Wildman–Crippen MR) is 96.2 cm³/mol. The zero-order chi connectivity index (χ0) is 17.6. The number of aryl methyl sites for hydroxylation is 2. The van der Waals surface area contributed by atoms with Crippen molar-refractivity contribution >= 4 is 17.2 Å². The minimum atomic E-state index is 0.825. The number of hydrogen-bond acceptors (Lipinski definition) is 7. The van der Waals surface area contributed by atoms with Crippen LogP contribution in [0.15, 0.2) is 12.7 Å². The van der Waals surface area contributed by atoms with E-state index in [4.69, 9.17) is 0 Å². The quantitative estimate of drug-likeness (QED) is 0.700. The molecule has 4 rings (SSSR count). The van der Waals surface area contributed by atoms with Crippen molar-refractivity contribution in [1.29, 1.82) is 0 Å². The molecule has 0 radical (unpaired) electrons. The molecule has 0 spiro atoms. The van der Waals surface area contributed by atoms with E-state index in [1.165, 1.54) is 5.56 Å². The van der Waals surface area contributed by atoms with E-state index >= 15 is 0 Å². The first-order valence-electron chi connectivity index (χ1n) is 8.51. The van der Waals surface area contributed by atoms with Gasteiger partial charge in [0, 0.05) is 37.4 Å². The van der Waals surface area contributed by atoms with Crippen molar-refractivity contribution in [3.05, 3.63) is 35.2 Å². The van der Waals surface area contributed by atoms with Crippen LogP contribution in [0.2, 0.25) is 0 Å². The maximum Gasteiger partial charge on any atom is 0.201 e. The highest BCUT2D eigenvalue weighted by molar-refractivity contribution is 5.73. The summed E-state index contributed by atoms with van der Waals surface area (Å²) in [5, 5.41) is 12.8. The highest BCUT2D eigenvalue weighted by Gasteiger charge is 2.24. The molecule has 1 aliphatic heterocycles. The molecule has 0 amide bonds. The fourth-order valence-electron chi connectivity index (χ4n) is 3.40. The Bertz CT molecular complexity index is 924. The zero-order valence-corrected chi connectivity index (χ0v) is 15.1. The van der Waals surface area contributed by atoms with E-state index in [1.54, 1.807) is 17.2 Å². The molecule has 1 aliphatic rings. The summed E-state index contributed by atoms with van der Waals surface area (Å²) in [4.78, 5) is 13.5. The Balaban J connectivity index is 1.62. The van der Waals surface area contributed by atoms with Crippen LogP contribution >= 0.6 is 0 Å². The molecule has 3 aromatic heterocycles. The SMILES string of the molecule is Cc1ncnc(N2CCN(c3c(C)c(C)nn4cnnc34)CC2)c1C. The number of fused-ring (bicyclic) bond motifs is 1. The van der Waals surface area contributed by atoms with Gasteiger partial charge in [-0.3, -0.25) is 0 Å². The average Bonchev–Trinajstić information content (AvgIpc) is 3.06. The first-order chi connectivity index (χ1) is 12.1. The topological polar surface area (TPSA) is 75.3 Å². The van der Waals surface area contributed by atoms with Crippen molar-refractivity contribution in [3.8, 4) is 0 Å². The van der Waals surface area contributed by atoms with Gasteiger partial charge in [-0.15, -0.1) is 10.2 Å². The highest BCUT2D eigenvalue weighted by atomic mass is 15.4. The van der Waals surface area contributed by atoms with Gasteiger partial charge in [0.25, 0.3) is 0 Å². The standard InChI is InChI=1S/C17H22N8/c1-11-14(4)22-25-10-20-21-17(25)15(11)23-5-7-24(8-6-23)16-12(2)13(3)18-9-19-16/h9-10H,5-8H2,1-4H3. The molecule has 0 atom stereocenters. The molecule has 0 aliphatic carbocycles. The fourth-order valence-corrected chi connectivity index (χ4v) is 3.40. The first-order valence-corrected chi connectivity index (χ1v) is 8.51. The lowest BCUT2D eigenvalue weighted by molar-refractivity contribution is 0.642. The predicted octanol–water partition coefficient (Wildman–Crippen LogP) is 1.47. The lowest BCUT2D eigenvalue weighted by atomic mass is 10.1. The summed E-state index contributed by atoms with van der Waals surface area (Å²) in [6.45, 7) is 11.9. The minimum Gasteiger partial charge on any atom is -0.365 e. The van der Waals surface area contributed by atoms with Gasteiger partial charge in [-0.05, 0) is 33.3 Å². The van der Waals surface area contributed by atoms with E-state index in [9.17, 15) is 0 Å². The summed E-state index contributed by atoms with van der Waals surface area (Å²) < 4.78 is 1.77. The Morgan fingerprint density at radius 3 is 2.32 bits per heavy atom. The second-order valence-corrected chi connectivity index (χ2v) is 6.54. The van der Waals surface area contributed by atoms with Crippen molar-refractivity contribution in [3.63, 3.8) is 0 Å². The summed E-state index contributed by atoms with van der Waals surface area (Å²) in [5.74, 6) is 1.04. The van der Waals surface area contributed by atoms with E-state index in [0.717, 1.165) is 60.3 Å². The first kappa shape index (κ1) is 15.7. The molecule has 1 saturated heterocycles. The van der Waals surface area contributed by atoms with Crippen molar-refractivity contribution in [2.45, 2.75) is 27.7 Å². The van der Waals surface area contributed by atoms with Crippen LogP contribution in [0.1, 0.15) is 22.5 Å². The van der Waals surface area contributed by atoms with Crippen LogP contribution in [-0.4, -0.2) is 56.0 Å². The van der Waals surface area contributed by atoms with Crippen molar-refractivity contribution in [2.75, 3.05) is 36.0 Å². The fraction of sp³-hybridized carbons (Fsp3) is 0.471. The molecule has 1 fully saturated rings. The van der Waals surface area contributed by atoms with Gasteiger partial charge in [-0.2, -0.15) is 9.61 Å². The van der Waals surface area contributed by atoms with Gasteiger partial charge in [-0.25, -0.2) is 9.97 Å². The lowest BCUT2D eigenvalue weighted by Crippen LogP contribution is -2.47. The molecule has 0 aromatic carbocycles. The Kier molecular flexibility index (Phi) is 3.74. The Labute approximate surface area is 146 Å². The second-order valence-electron chi connectivity index (χ2n) is 6.54. The summed E-state index contributed by atoms with van der Waals surface area (Å²) >= 11 is 0. The van der Waals surface area contributed by atoms with Gasteiger partial charge in [0.05, 0.1) is 11.4 Å². The molecule has 0 saturated carbocycles. The molecular formula is C17H22N8. The smallest absolute Gasteiger partial charge is 0.201 e. The van der Waals surface area contributed by atoms with E-state index in [1.807, 2.05) is 13.8 Å². The van der Waals surface area contributed by atoms with E-state index in [-0.39, 0.29) is 0 Å². The van der Waals surface area contributed by atoms with Crippen molar-refractivity contribution in [1.82, 2.24) is 29.8 Å². The highest BCUT2D eigenvalue weighted by Crippen LogP contribution is 2.28. The second kappa shape index (κ2) is 5.94. The van der Waals surface area contributed by atoms with Crippen LogP contribution in [-0.2, 0) is 0 Å². The van der Waals surface area contributed by atoms with E-state index in [2.05, 4.69) is 48.9 Å². The Morgan fingerprint density at radius 1 is 0.840 bits per heavy atom. The van der Waals surface area contributed by atoms with Gasteiger partial charge < -0.3 is 9.80 Å². The third-order valence-corrected chi connectivity index (χ3v) is 5.10. The number of aromatic nitrogens is 6. The molecule has 4 heterocycles. The van der Waals surface area contributed by atoms with Gasteiger partial charge in [0.15, 0.2) is 0 Å². The summed E-state index contributed by atoms with van der Waals surface area (Å²) in [6, 6.07) is 0. The van der Waals surface area contributed by atoms with Crippen molar-refractivity contribution in [2.24, 2.45) is 0 Å². The normalized spacial score (nSPS) is 15.2. The summed E-state index contributed by atoms with van der Waals surface area (Å²) in [7, 11) is 0. The monoisotopic (exact) mass is 338 g/mol. The maximum atomic E-state index is 4.51. The summed E-state index contributed by atoms with van der Waals surface area (Å²) in [5.41, 5.74) is 6.34. The molecule has 0 N–H and O–H groups in total. The summed E-state index contributed by atoms with van der Waals surface area (Å²) in [6.07, 6.45) is 3.31. The largest absolute Gasteiger partial charge is 0.365 e. The van der Waals surface area contributed by atoms with E-state index in [0.29, 0.717) is 0 Å². The van der Waals surface area contributed by atoms with Gasteiger partial charge in [0.2, 0.25) is 5.65 Å². The van der Waals surface area contributed by atoms with Crippen LogP contribution < -0.4 is 9.80 Å². The number of nitrogens with zero attached hydrogens (tertiary/aromatic N) is 8. The molecule has 3 aromatic rings. The Hall–Kier alpha value is -2.77. The average molecular weight is 338 g/mol. The van der Waals surface area contributed by atoms with Gasteiger partial charge >= 0.3 is 0 Å². The van der Waals surface area contributed by atoms with Crippen LogP contribution in [0, 0.1) is 27.7 Å². The maximum absolute atomic E-state index is 4.51. The Morgan fingerprint density at radius 2 is 1.56 bits per heavy atom. The van der Waals surface area contributed by atoms with E-state index < -0.39 is 0 Å². The van der Waals surface area contributed by atoms with Crippen LogP contribution in [0.3, 0.4) is 0 Å². The number of hydrogen-bond donors (Lipinski definition) is 0. The number of rotatable bonds is 2. The number of anilines is 2. The van der Waals surface area contributed by atoms with Crippen LogP contribution in [0.5, 0.6) is 0 Å². The molecule has 0 unspecified atom stereocenters. The molecule has 25 heavy (non-hydrogen) atoms. The molecule has 0 bridgehead atoms. The van der Waals surface area contributed by atoms with Crippen LogP contribution in [0.4, 0.5) is 11.5 Å². The molecule has 130 valence electrons. The lowest BCUT2D eigenvalue weighted by Gasteiger charge is -2.37. The third-order valence-electron chi connectivity index (χ3n) is 5.10. The molecule has 8 heteroatoms. The molecular weight excluding hydrogens is 316 g/mol. The zero-order valence-electron chi connectivity index (χ0n) is 15.1. The third kappa shape index (κ3) is 2.57.